The fraction of sp³-hybridized carbons (Fsp3) is 0.400. The Morgan fingerprint density at radius 3 is 2.77 bits per heavy atom. The van der Waals surface area contributed by atoms with Gasteiger partial charge < -0.3 is 10.6 Å². The van der Waals surface area contributed by atoms with E-state index in [1.807, 2.05) is 31.4 Å². The number of thioether (sulfide) groups is 1. The highest BCUT2D eigenvalue weighted by atomic mass is 32.2. The summed E-state index contributed by atoms with van der Waals surface area (Å²) in [7, 11) is 0. The van der Waals surface area contributed by atoms with Gasteiger partial charge in [-0.1, -0.05) is 18.2 Å². The summed E-state index contributed by atoms with van der Waals surface area (Å²) >= 11 is 1.61. The topological polar surface area (TPSA) is 78.5 Å². The largest absolute Gasteiger partial charge is 0.326 e. The SMILES string of the molecule is CSCCC1NC(=O)N(CC(=O)Nc2ccccc2C)C1=O. The van der Waals surface area contributed by atoms with Crippen LogP contribution in [0.15, 0.2) is 24.3 Å². The summed E-state index contributed by atoms with van der Waals surface area (Å²) in [5.74, 6) is 0.0576. The van der Waals surface area contributed by atoms with Gasteiger partial charge in [-0.3, -0.25) is 14.5 Å². The minimum absolute atomic E-state index is 0.269. The smallest absolute Gasteiger partial charge is 0.325 e. The van der Waals surface area contributed by atoms with E-state index in [2.05, 4.69) is 10.6 Å². The van der Waals surface area contributed by atoms with Crippen molar-refractivity contribution in [2.24, 2.45) is 0 Å². The molecule has 6 nitrogen and oxygen atoms in total. The maximum atomic E-state index is 12.1. The van der Waals surface area contributed by atoms with E-state index in [0.717, 1.165) is 16.2 Å². The molecule has 7 heteroatoms. The van der Waals surface area contributed by atoms with E-state index in [1.165, 1.54) is 0 Å². The van der Waals surface area contributed by atoms with Crippen molar-refractivity contribution in [1.29, 1.82) is 0 Å². The number of imide groups is 1. The molecule has 0 bridgehead atoms. The molecule has 0 radical (unpaired) electrons. The van der Waals surface area contributed by atoms with Crippen molar-refractivity contribution in [3.05, 3.63) is 29.8 Å². The zero-order chi connectivity index (χ0) is 16.1. The van der Waals surface area contributed by atoms with Crippen LogP contribution in [0.25, 0.3) is 0 Å². The molecule has 0 spiro atoms. The van der Waals surface area contributed by atoms with Gasteiger partial charge in [0.15, 0.2) is 0 Å². The number of anilines is 1. The van der Waals surface area contributed by atoms with E-state index in [-0.39, 0.29) is 18.4 Å². The van der Waals surface area contributed by atoms with Gasteiger partial charge in [0.05, 0.1) is 0 Å². The van der Waals surface area contributed by atoms with Gasteiger partial charge in [0.1, 0.15) is 12.6 Å². The van der Waals surface area contributed by atoms with Gasteiger partial charge >= 0.3 is 6.03 Å². The highest BCUT2D eigenvalue weighted by molar-refractivity contribution is 7.98. The molecule has 0 aromatic heterocycles. The van der Waals surface area contributed by atoms with Crippen molar-refractivity contribution in [3.8, 4) is 0 Å². The Hall–Kier alpha value is -2.02. The minimum atomic E-state index is -0.522. The molecule has 1 fully saturated rings. The maximum Gasteiger partial charge on any atom is 0.325 e. The number of hydrogen-bond donors (Lipinski definition) is 2. The third-order valence-corrected chi connectivity index (χ3v) is 4.08. The van der Waals surface area contributed by atoms with Crippen LogP contribution in [0.2, 0.25) is 0 Å². The molecule has 118 valence electrons. The van der Waals surface area contributed by atoms with Crippen LogP contribution in [-0.2, 0) is 9.59 Å². The number of rotatable bonds is 6. The number of benzene rings is 1. The predicted molar refractivity (Wildman–Crippen MR) is 86.8 cm³/mol. The summed E-state index contributed by atoms with van der Waals surface area (Å²) < 4.78 is 0. The fourth-order valence-electron chi connectivity index (χ4n) is 2.20. The van der Waals surface area contributed by atoms with E-state index >= 15 is 0 Å². The molecule has 0 saturated carbocycles. The molecule has 1 aliphatic rings. The quantitative estimate of drug-likeness (QED) is 0.780. The molecule has 1 heterocycles. The van der Waals surface area contributed by atoms with Gasteiger partial charge in [-0.15, -0.1) is 0 Å². The van der Waals surface area contributed by atoms with Crippen LogP contribution in [0.1, 0.15) is 12.0 Å². The van der Waals surface area contributed by atoms with E-state index in [4.69, 9.17) is 0 Å². The number of para-hydroxylation sites is 1. The van der Waals surface area contributed by atoms with Crippen molar-refractivity contribution >= 4 is 35.3 Å². The standard InChI is InChI=1S/C15H19N3O3S/c1-10-5-3-4-6-11(10)16-13(19)9-18-14(20)12(7-8-22-2)17-15(18)21/h3-6,12H,7-9H2,1-2H3,(H,16,19)(H,17,21). The van der Waals surface area contributed by atoms with Crippen LogP contribution in [0.3, 0.4) is 0 Å². The van der Waals surface area contributed by atoms with Gasteiger partial charge in [0.25, 0.3) is 5.91 Å². The van der Waals surface area contributed by atoms with Crippen molar-refractivity contribution in [3.63, 3.8) is 0 Å². The number of carbonyl (C=O) groups is 3. The van der Waals surface area contributed by atoms with E-state index in [0.29, 0.717) is 12.1 Å². The van der Waals surface area contributed by atoms with Crippen LogP contribution in [0.4, 0.5) is 10.5 Å². The van der Waals surface area contributed by atoms with Crippen LogP contribution < -0.4 is 10.6 Å². The second kappa shape index (κ2) is 7.31. The molecule has 1 saturated heterocycles. The van der Waals surface area contributed by atoms with Crippen molar-refractivity contribution in [2.75, 3.05) is 23.9 Å². The van der Waals surface area contributed by atoms with Gasteiger partial charge in [-0.2, -0.15) is 11.8 Å². The average Bonchev–Trinajstić information content (AvgIpc) is 2.75. The molecule has 0 aliphatic carbocycles. The number of amides is 4. The highest BCUT2D eigenvalue weighted by Crippen LogP contribution is 2.15. The van der Waals surface area contributed by atoms with Crippen molar-refractivity contribution in [2.45, 2.75) is 19.4 Å². The summed E-state index contributed by atoms with van der Waals surface area (Å²) in [6.07, 6.45) is 2.51. The third-order valence-electron chi connectivity index (χ3n) is 3.44. The van der Waals surface area contributed by atoms with Gasteiger partial charge in [0.2, 0.25) is 5.91 Å². The van der Waals surface area contributed by atoms with Gasteiger partial charge in [-0.05, 0) is 37.0 Å². The lowest BCUT2D eigenvalue weighted by atomic mass is 10.2. The summed E-state index contributed by atoms with van der Waals surface area (Å²) in [5, 5.41) is 5.33. The molecular formula is C15H19N3O3S. The zero-order valence-corrected chi connectivity index (χ0v) is 13.4. The molecule has 2 rings (SSSR count). The Labute approximate surface area is 133 Å². The molecule has 1 aromatic rings. The second-order valence-electron chi connectivity index (χ2n) is 5.07. The highest BCUT2D eigenvalue weighted by Gasteiger charge is 2.38. The molecule has 1 atom stereocenters. The first kappa shape index (κ1) is 16.4. The Balaban J connectivity index is 1.95. The van der Waals surface area contributed by atoms with E-state index in [1.54, 1.807) is 17.8 Å². The first-order valence-electron chi connectivity index (χ1n) is 6.99. The predicted octanol–water partition coefficient (Wildman–Crippen LogP) is 1.61. The molecule has 1 aromatic carbocycles. The number of aryl methyl sites for hydroxylation is 1. The van der Waals surface area contributed by atoms with Crippen LogP contribution in [0.5, 0.6) is 0 Å². The Bertz CT molecular complexity index is 591. The lowest BCUT2D eigenvalue weighted by Gasteiger charge is -2.14. The first-order valence-corrected chi connectivity index (χ1v) is 8.38. The molecule has 22 heavy (non-hydrogen) atoms. The molecule has 2 N–H and O–H groups in total. The maximum absolute atomic E-state index is 12.1. The number of nitrogens with zero attached hydrogens (tertiary/aromatic N) is 1. The monoisotopic (exact) mass is 321 g/mol. The molecule has 1 unspecified atom stereocenters. The number of nitrogens with one attached hydrogen (secondary N) is 2. The lowest BCUT2D eigenvalue weighted by molar-refractivity contribution is -0.130. The molecule has 4 amide bonds. The van der Waals surface area contributed by atoms with Crippen molar-refractivity contribution < 1.29 is 14.4 Å². The van der Waals surface area contributed by atoms with Crippen molar-refractivity contribution in [1.82, 2.24) is 10.2 Å². The Morgan fingerprint density at radius 1 is 1.36 bits per heavy atom. The van der Waals surface area contributed by atoms with Crippen LogP contribution >= 0.6 is 11.8 Å². The van der Waals surface area contributed by atoms with Gasteiger partial charge in [-0.25, -0.2) is 4.79 Å². The number of urea groups is 1. The summed E-state index contributed by atoms with van der Waals surface area (Å²) in [6.45, 7) is 1.61. The Kier molecular flexibility index (Phi) is 5.43. The zero-order valence-electron chi connectivity index (χ0n) is 12.6. The van der Waals surface area contributed by atoms with Crippen LogP contribution in [-0.4, -0.2) is 47.3 Å². The molecule has 1 aliphatic heterocycles. The summed E-state index contributed by atoms with van der Waals surface area (Å²) in [5.41, 5.74) is 1.60. The average molecular weight is 321 g/mol. The molecular weight excluding hydrogens is 302 g/mol. The fourth-order valence-corrected chi connectivity index (χ4v) is 2.68. The van der Waals surface area contributed by atoms with E-state index < -0.39 is 12.1 Å². The number of hydrogen-bond acceptors (Lipinski definition) is 4. The number of carbonyl (C=O) groups excluding carboxylic acids is 3. The normalized spacial score (nSPS) is 17.5. The van der Waals surface area contributed by atoms with E-state index in [9.17, 15) is 14.4 Å². The lowest BCUT2D eigenvalue weighted by Crippen LogP contribution is -2.38. The third kappa shape index (κ3) is 3.79. The second-order valence-corrected chi connectivity index (χ2v) is 6.06. The summed E-state index contributed by atoms with van der Waals surface area (Å²) in [4.78, 5) is 37.0. The Morgan fingerprint density at radius 2 is 2.09 bits per heavy atom. The summed E-state index contributed by atoms with van der Waals surface area (Å²) in [6, 6.07) is 6.32. The first-order chi connectivity index (χ1) is 10.5. The minimum Gasteiger partial charge on any atom is -0.326 e. The van der Waals surface area contributed by atoms with Crippen LogP contribution in [0, 0.1) is 6.92 Å². The van der Waals surface area contributed by atoms with Gasteiger partial charge in [0, 0.05) is 5.69 Å².